The van der Waals surface area contributed by atoms with Crippen molar-refractivity contribution in [1.82, 2.24) is 0 Å². The molecule has 0 fully saturated rings. The summed E-state index contributed by atoms with van der Waals surface area (Å²) in [6, 6.07) is 26.4. The Labute approximate surface area is 270 Å². The Morgan fingerprint density at radius 2 is 1.64 bits per heavy atom. The smallest absolute Gasteiger partial charge is 0.295 e. The zero-order valence-corrected chi connectivity index (χ0v) is 26.8. The number of aliphatic hydroxyl groups is 1. The number of aryl methyl sites for hydroxylation is 1. The highest BCUT2D eigenvalue weighted by molar-refractivity contribution is 8.00. The molecule has 0 saturated carbocycles. The maximum absolute atomic E-state index is 12.4. The van der Waals surface area contributed by atoms with Gasteiger partial charge in [0.15, 0.2) is 0 Å². The summed E-state index contributed by atoms with van der Waals surface area (Å²) < 4.78 is 46.3. The van der Waals surface area contributed by atoms with Crippen LogP contribution in [0.3, 0.4) is 0 Å². The number of rotatable bonds is 15. The van der Waals surface area contributed by atoms with E-state index in [9.17, 15) is 23.2 Å². The molecule has 0 saturated heterocycles. The van der Waals surface area contributed by atoms with E-state index in [2.05, 4.69) is 18.8 Å². The van der Waals surface area contributed by atoms with Crippen molar-refractivity contribution in [1.29, 1.82) is 0 Å². The zero-order valence-electron chi connectivity index (χ0n) is 25.2. The van der Waals surface area contributed by atoms with Crippen molar-refractivity contribution < 1.29 is 32.7 Å². The van der Waals surface area contributed by atoms with Crippen molar-refractivity contribution in [3.63, 3.8) is 0 Å². The van der Waals surface area contributed by atoms with E-state index >= 15 is 0 Å². The Bertz CT molecular complexity index is 1690. The lowest BCUT2D eigenvalue weighted by Crippen LogP contribution is -2.02. The summed E-state index contributed by atoms with van der Waals surface area (Å²) in [7, 11) is -4.55. The molecule has 4 aromatic rings. The molecule has 0 amide bonds. The average molecular weight is 647 g/mol. The highest BCUT2D eigenvalue weighted by Crippen LogP contribution is 2.37. The molecule has 0 radical (unpaired) electrons. The van der Waals surface area contributed by atoms with Crippen LogP contribution in [0.2, 0.25) is 0 Å². The lowest BCUT2D eigenvalue weighted by molar-refractivity contribution is 0.162. The summed E-state index contributed by atoms with van der Waals surface area (Å²) in [6.07, 6.45) is 3.58. The minimum atomic E-state index is -4.55. The van der Waals surface area contributed by atoms with E-state index in [1.165, 1.54) is 17.8 Å². The highest BCUT2D eigenvalue weighted by Gasteiger charge is 2.20. The third-order valence-electron chi connectivity index (χ3n) is 6.96. The number of phenolic OH excluding ortho intramolecular Hbond substituents is 1. The Morgan fingerprint density at radius 3 is 2.38 bits per heavy atom. The van der Waals surface area contributed by atoms with Crippen LogP contribution in [-0.2, 0) is 21.3 Å². The van der Waals surface area contributed by atoms with Gasteiger partial charge in [0, 0.05) is 22.0 Å². The van der Waals surface area contributed by atoms with Crippen molar-refractivity contribution in [3.05, 3.63) is 102 Å². The first-order chi connectivity index (χ1) is 21.7. The largest absolute Gasteiger partial charge is 0.508 e. The second-order valence-corrected chi connectivity index (χ2v) is 12.9. The normalized spacial score (nSPS) is 11.9. The fourth-order valence-electron chi connectivity index (χ4n) is 4.56. The molecule has 1 unspecified atom stereocenters. The Kier molecular flexibility index (Phi) is 12.9. The number of aromatic hydroxyl groups is 1. The van der Waals surface area contributed by atoms with E-state index in [-0.39, 0.29) is 17.3 Å². The van der Waals surface area contributed by atoms with E-state index in [0.717, 1.165) is 48.3 Å². The van der Waals surface area contributed by atoms with Gasteiger partial charge in [0.05, 0.1) is 6.61 Å². The van der Waals surface area contributed by atoms with Gasteiger partial charge in [-0.15, -0.1) is 0 Å². The van der Waals surface area contributed by atoms with Crippen LogP contribution in [0, 0.1) is 11.8 Å². The topological polar surface area (TPSA) is 113 Å². The maximum atomic E-state index is 12.4. The summed E-state index contributed by atoms with van der Waals surface area (Å²) in [5.74, 6) is 6.68. The summed E-state index contributed by atoms with van der Waals surface area (Å²) >= 11 is 1.22. The van der Waals surface area contributed by atoms with Crippen LogP contribution in [-0.4, -0.2) is 43.0 Å². The van der Waals surface area contributed by atoms with Gasteiger partial charge in [-0.3, -0.25) is 4.55 Å². The standard InChI is InChI=1S/C36H38O7S2/c1-2-3-25-43-30-18-20-31(21-19-30)44-35-22-15-28(26-36(35)45(39,40)41)32-10-4-5-11-33(32)34(38)12-8-24-42-23-7-6-9-27-13-16-29(37)17-14-27/h4-5,10-11,13-22,26,34,37-38H,2-3,6-7,9,23-25H2,1H3,(H,39,40,41). The molecule has 0 aliphatic heterocycles. The first-order valence-corrected chi connectivity index (χ1v) is 17.1. The Hall–Kier alpha value is -3.78. The van der Waals surface area contributed by atoms with Crippen LogP contribution in [0.4, 0.5) is 0 Å². The molecule has 7 nitrogen and oxygen atoms in total. The molecule has 0 spiro atoms. The lowest BCUT2D eigenvalue weighted by atomic mass is 9.96. The highest BCUT2D eigenvalue weighted by atomic mass is 32.2. The van der Waals surface area contributed by atoms with Crippen LogP contribution >= 0.6 is 11.8 Å². The van der Waals surface area contributed by atoms with Crippen molar-refractivity contribution in [2.24, 2.45) is 0 Å². The number of hydrogen-bond acceptors (Lipinski definition) is 7. The van der Waals surface area contributed by atoms with Gasteiger partial charge < -0.3 is 19.7 Å². The third kappa shape index (κ3) is 10.7. The number of benzene rings is 4. The number of unbranched alkanes of at least 4 members (excludes halogenated alkanes) is 2. The molecule has 45 heavy (non-hydrogen) atoms. The van der Waals surface area contributed by atoms with Crippen LogP contribution in [0.25, 0.3) is 11.1 Å². The van der Waals surface area contributed by atoms with Crippen molar-refractivity contribution in [3.8, 4) is 34.5 Å². The summed E-state index contributed by atoms with van der Waals surface area (Å²) in [5, 5.41) is 20.3. The number of ether oxygens (including phenoxy) is 2. The second kappa shape index (κ2) is 17.1. The van der Waals surface area contributed by atoms with E-state index in [1.54, 1.807) is 48.5 Å². The van der Waals surface area contributed by atoms with Gasteiger partial charge in [0.1, 0.15) is 29.1 Å². The zero-order chi connectivity index (χ0) is 32.1. The van der Waals surface area contributed by atoms with Crippen molar-refractivity contribution in [2.75, 3.05) is 19.8 Å². The molecule has 236 valence electrons. The van der Waals surface area contributed by atoms with Crippen LogP contribution in [0.15, 0.2) is 106 Å². The van der Waals surface area contributed by atoms with Gasteiger partial charge in [0.2, 0.25) is 0 Å². The molecule has 3 N–H and O–H groups in total. The second-order valence-electron chi connectivity index (χ2n) is 10.4. The molecule has 1 atom stereocenters. The van der Waals surface area contributed by atoms with E-state index in [0.29, 0.717) is 34.8 Å². The first kappa shape index (κ1) is 34.1. The molecular weight excluding hydrogens is 609 g/mol. The Morgan fingerprint density at radius 1 is 0.889 bits per heavy atom. The summed E-state index contributed by atoms with van der Waals surface area (Å²) in [6.45, 7) is 3.44. The molecule has 0 bridgehead atoms. The van der Waals surface area contributed by atoms with Gasteiger partial charge in [-0.05, 0) is 90.9 Å². The van der Waals surface area contributed by atoms with E-state index in [4.69, 9.17) is 9.47 Å². The molecule has 0 aliphatic rings. The molecule has 9 heteroatoms. The lowest BCUT2D eigenvalue weighted by Gasteiger charge is -2.14. The minimum Gasteiger partial charge on any atom is -0.508 e. The Balaban J connectivity index is 1.39. The van der Waals surface area contributed by atoms with Crippen molar-refractivity contribution >= 4 is 21.9 Å². The molecule has 4 rings (SSSR count). The van der Waals surface area contributed by atoms with Crippen LogP contribution in [0.5, 0.6) is 11.5 Å². The van der Waals surface area contributed by atoms with Gasteiger partial charge in [-0.25, -0.2) is 0 Å². The predicted octanol–water partition coefficient (Wildman–Crippen LogP) is 7.71. The van der Waals surface area contributed by atoms with Crippen molar-refractivity contribution in [2.45, 2.75) is 59.8 Å². The monoisotopic (exact) mass is 646 g/mol. The molecule has 0 aliphatic carbocycles. The van der Waals surface area contributed by atoms with Gasteiger partial charge in [0.25, 0.3) is 10.1 Å². The quantitative estimate of drug-likeness (QED) is 0.0684. The molecular formula is C36H38O7S2. The van der Waals surface area contributed by atoms with Crippen LogP contribution in [0.1, 0.15) is 49.8 Å². The number of hydrogen-bond donors (Lipinski definition) is 3. The van der Waals surface area contributed by atoms with Gasteiger partial charge in [-0.2, -0.15) is 8.42 Å². The molecule has 4 aromatic carbocycles. The molecule has 0 aromatic heterocycles. The summed E-state index contributed by atoms with van der Waals surface area (Å²) in [4.78, 5) is 0.947. The molecule has 0 heterocycles. The van der Waals surface area contributed by atoms with E-state index in [1.807, 2.05) is 36.4 Å². The summed E-state index contributed by atoms with van der Waals surface area (Å²) in [5.41, 5.74) is 2.79. The number of phenols is 1. The average Bonchev–Trinajstić information content (AvgIpc) is 3.03. The number of aliphatic hydroxyl groups excluding tert-OH is 1. The fraction of sp³-hybridized carbons (Fsp3) is 0.278. The fourth-order valence-corrected chi connectivity index (χ4v) is 6.42. The van der Waals surface area contributed by atoms with Gasteiger partial charge in [-0.1, -0.05) is 79.4 Å². The third-order valence-corrected chi connectivity index (χ3v) is 9.07. The first-order valence-electron chi connectivity index (χ1n) is 14.9. The SMILES string of the molecule is CCCCOc1ccc(Sc2ccc(-c3ccccc3C(O)C#CCOCCCCc3ccc(O)cc3)cc2S(=O)(=O)O)cc1. The predicted molar refractivity (Wildman–Crippen MR) is 177 cm³/mol. The van der Waals surface area contributed by atoms with Crippen LogP contribution < -0.4 is 4.74 Å². The maximum Gasteiger partial charge on any atom is 0.295 e. The van der Waals surface area contributed by atoms with E-state index < -0.39 is 16.2 Å². The minimum absolute atomic E-state index is 0.170. The van der Waals surface area contributed by atoms with Gasteiger partial charge >= 0.3 is 0 Å².